The molecule has 3 rings (SSSR count). The second kappa shape index (κ2) is 7.70. The Bertz CT molecular complexity index is 941. The molecule has 1 atom stereocenters. The lowest BCUT2D eigenvalue weighted by Crippen LogP contribution is -2.23. The van der Waals surface area contributed by atoms with Crippen molar-refractivity contribution in [1.29, 1.82) is 0 Å². The zero-order chi connectivity index (χ0) is 18.7. The summed E-state index contributed by atoms with van der Waals surface area (Å²) >= 11 is 1.21. The van der Waals surface area contributed by atoms with Crippen molar-refractivity contribution in [2.45, 2.75) is 31.2 Å². The first-order valence-corrected chi connectivity index (χ1v) is 9.04. The van der Waals surface area contributed by atoms with E-state index >= 15 is 0 Å². The van der Waals surface area contributed by atoms with Gasteiger partial charge in [0.05, 0.1) is 10.8 Å². The maximum Gasteiger partial charge on any atom is 0.237 e. The molecule has 134 valence electrons. The van der Waals surface area contributed by atoms with Crippen LogP contribution in [0.4, 0.5) is 10.1 Å². The Kier molecular flexibility index (Phi) is 5.37. The highest BCUT2D eigenvalue weighted by molar-refractivity contribution is 8.00. The van der Waals surface area contributed by atoms with Crippen molar-refractivity contribution in [3.05, 3.63) is 59.4 Å². The minimum Gasteiger partial charge on any atom is -0.325 e. The van der Waals surface area contributed by atoms with Gasteiger partial charge in [-0.15, -0.1) is 5.10 Å². The first-order chi connectivity index (χ1) is 12.4. The predicted molar refractivity (Wildman–Crippen MR) is 102 cm³/mol. The molecule has 0 aliphatic carbocycles. The average Bonchev–Trinajstić information content (AvgIpc) is 3.06. The van der Waals surface area contributed by atoms with Gasteiger partial charge in [0, 0.05) is 5.69 Å². The standard InChI is InChI=1S/C19H19FN4OS/c1-11-8-9-12(2)16(10-11)21-18(25)13(3)26-19-22-17(23-24-19)14-6-4-5-7-15(14)20/h4-10,13H,1-3H3,(H,21,25)(H,22,23,24)/t13-/m1/s1. The van der Waals surface area contributed by atoms with Gasteiger partial charge in [0.25, 0.3) is 0 Å². The molecule has 0 radical (unpaired) electrons. The van der Waals surface area contributed by atoms with E-state index in [1.165, 1.54) is 17.8 Å². The van der Waals surface area contributed by atoms with Crippen molar-refractivity contribution in [1.82, 2.24) is 15.2 Å². The Labute approximate surface area is 155 Å². The summed E-state index contributed by atoms with van der Waals surface area (Å²) in [5.74, 6) is -0.172. The Morgan fingerprint density at radius 1 is 1.23 bits per heavy atom. The molecule has 0 bridgehead atoms. The van der Waals surface area contributed by atoms with Crippen LogP contribution in [0.15, 0.2) is 47.6 Å². The Balaban J connectivity index is 1.68. The number of halogens is 1. The van der Waals surface area contributed by atoms with Crippen molar-refractivity contribution in [2.24, 2.45) is 0 Å². The van der Waals surface area contributed by atoms with Crippen molar-refractivity contribution >= 4 is 23.4 Å². The number of rotatable bonds is 5. The maximum atomic E-state index is 13.8. The van der Waals surface area contributed by atoms with Crippen LogP contribution in [0.5, 0.6) is 0 Å². The van der Waals surface area contributed by atoms with Crippen LogP contribution >= 0.6 is 11.8 Å². The van der Waals surface area contributed by atoms with Gasteiger partial charge in [-0.25, -0.2) is 9.37 Å². The number of aromatic nitrogens is 3. The summed E-state index contributed by atoms with van der Waals surface area (Å²) in [6.45, 7) is 5.71. The van der Waals surface area contributed by atoms with Gasteiger partial charge in [-0.05, 0) is 50.1 Å². The zero-order valence-electron chi connectivity index (χ0n) is 14.7. The molecule has 0 saturated heterocycles. The molecule has 1 aromatic heterocycles. The number of aryl methyl sites for hydroxylation is 2. The number of anilines is 1. The molecule has 26 heavy (non-hydrogen) atoms. The molecule has 0 fully saturated rings. The van der Waals surface area contributed by atoms with E-state index in [1.807, 2.05) is 32.0 Å². The normalized spacial score (nSPS) is 12.0. The maximum absolute atomic E-state index is 13.8. The molecular weight excluding hydrogens is 351 g/mol. The number of thioether (sulfide) groups is 1. The van der Waals surface area contributed by atoms with Crippen LogP contribution in [0, 0.1) is 19.7 Å². The van der Waals surface area contributed by atoms with E-state index < -0.39 is 5.25 Å². The second-order valence-electron chi connectivity index (χ2n) is 6.01. The lowest BCUT2D eigenvalue weighted by Gasteiger charge is -2.12. The highest BCUT2D eigenvalue weighted by Gasteiger charge is 2.19. The fourth-order valence-corrected chi connectivity index (χ4v) is 3.11. The summed E-state index contributed by atoms with van der Waals surface area (Å²) in [5, 5.41) is 9.72. The topological polar surface area (TPSA) is 70.7 Å². The van der Waals surface area contributed by atoms with E-state index in [1.54, 1.807) is 25.1 Å². The third-order valence-corrected chi connectivity index (χ3v) is 4.86. The Morgan fingerprint density at radius 2 is 2.00 bits per heavy atom. The third-order valence-electron chi connectivity index (χ3n) is 3.90. The molecule has 3 aromatic rings. The number of carbonyl (C=O) groups is 1. The van der Waals surface area contributed by atoms with E-state index in [0.29, 0.717) is 16.5 Å². The zero-order valence-corrected chi connectivity index (χ0v) is 15.5. The third kappa shape index (κ3) is 4.11. The molecule has 0 saturated carbocycles. The van der Waals surface area contributed by atoms with Crippen LogP contribution in [-0.2, 0) is 4.79 Å². The first kappa shape index (κ1) is 18.1. The van der Waals surface area contributed by atoms with Gasteiger partial charge in [0.15, 0.2) is 5.82 Å². The molecule has 1 heterocycles. The lowest BCUT2D eigenvalue weighted by atomic mass is 10.1. The number of H-pyrrole nitrogens is 1. The van der Waals surface area contributed by atoms with Gasteiger partial charge in [0.1, 0.15) is 5.82 Å². The molecular formula is C19H19FN4OS. The molecule has 0 aliphatic rings. The highest BCUT2D eigenvalue weighted by atomic mass is 32.2. The van der Waals surface area contributed by atoms with E-state index in [0.717, 1.165) is 16.8 Å². The minimum atomic E-state index is -0.404. The summed E-state index contributed by atoms with van der Waals surface area (Å²) in [7, 11) is 0. The SMILES string of the molecule is Cc1ccc(C)c(NC(=O)[C@@H](C)Sc2n[nH]c(-c3ccccc3F)n2)c1. The van der Waals surface area contributed by atoms with Crippen LogP contribution < -0.4 is 5.32 Å². The van der Waals surface area contributed by atoms with Crippen LogP contribution in [0.25, 0.3) is 11.4 Å². The molecule has 0 unspecified atom stereocenters. The van der Waals surface area contributed by atoms with E-state index in [9.17, 15) is 9.18 Å². The van der Waals surface area contributed by atoms with Gasteiger partial charge < -0.3 is 5.32 Å². The van der Waals surface area contributed by atoms with Gasteiger partial charge in [-0.3, -0.25) is 9.89 Å². The number of amides is 1. The molecule has 2 N–H and O–H groups in total. The second-order valence-corrected chi connectivity index (χ2v) is 7.32. The van der Waals surface area contributed by atoms with Crippen molar-refractivity contribution in [2.75, 3.05) is 5.32 Å². The summed E-state index contributed by atoms with van der Waals surface area (Å²) in [5.41, 5.74) is 3.22. The van der Waals surface area contributed by atoms with Crippen LogP contribution in [-0.4, -0.2) is 26.3 Å². The number of hydrogen-bond acceptors (Lipinski definition) is 4. The fraction of sp³-hybridized carbons (Fsp3) is 0.211. The lowest BCUT2D eigenvalue weighted by molar-refractivity contribution is -0.115. The van der Waals surface area contributed by atoms with Crippen LogP contribution in [0.3, 0.4) is 0 Å². The van der Waals surface area contributed by atoms with E-state index in [-0.39, 0.29) is 11.7 Å². The predicted octanol–water partition coefficient (Wildman–Crippen LogP) is 4.35. The molecule has 0 spiro atoms. The fourth-order valence-electron chi connectivity index (χ4n) is 2.39. The van der Waals surface area contributed by atoms with E-state index in [4.69, 9.17) is 0 Å². The van der Waals surface area contributed by atoms with Crippen molar-refractivity contribution in [3.8, 4) is 11.4 Å². The number of nitrogens with zero attached hydrogens (tertiary/aromatic N) is 2. The summed E-state index contributed by atoms with van der Waals surface area (Å²) in [4.78, 5) is 16.7. The smallest absolute Gasteiger partial charge is 0.237 e. The number of nitrogens with one attached hydrogen (secondary N) is 2. The first-order valence-electron chi connectivity index (χ1n) is 8.16. The summed E-state index contributed by atoms with van der Waals surface area (Å²) in [6, 6.07) is 12.2. The highest BCUT2D eigenvalue weighted by Crippen LogP contribution is 2.25. The van der Waals surface area contributed by atoms with Crippen LogP contribution in [0.1, 0.15) is 18.1 Å². The van der Waals surface area contributed by atoms with Crippen molar-refractivity contribution < 1.29 is 9.18 Å². The van der Waals surface area contributed by atoms with Crippen molar-refractivity contribution in [3.63, 3.8) is 0 Å². The number of aromatic amines is 1. The Morgan fingerprint density at radius 3 is 2.77 bits per heavy atom. The molecule has 7 heteroatoms. The molecule has 1 amide bonds. The quantitative estimate of drug-likeness (QED) is 0.655. The number of carbonyl (C=O) groups excluding carboxylic acids is 1. The van der Waals surface area contributed by atoms with E-state index in [2.05, 4.69) is 20.5 Å². The largest absolute Gasteiger partial charge is 0.325 e. The minimum absolute atomic E-state index is 0.138. The molecule has 5 nitrogen and oxygen atoms in total. The molecule has 0 aliphatic heterocycles. The summed E-state index contributed by atoms with van der Waals surface area (Å²) in [6.07, 6.45) is 0. The van der Waals surface area contributed by atoms with Gasteiger partial charge in [-0.1, -0.05) is 36.0 Å². The van der Waals surface area contributed by atoms with Gasteiger partial charge in [-0.2, -0.15) is 0 Å². The number of hydrogen-bond donors (Lipinski definition) is 2. The average molecular weight is 370 g/mol. The monoisotopic (exact) mass is 370 g/mol. The Hall–Kier alpha value is -2.67. The number of benzene rings is 2. The molecule has 2 aromatic carbocycles. The van der Waals surface area contributed by atoms with Crippen LogP contribution in [0.2, 0.25) is 0 Å². The summed E-state index contributed by atoms with van der Waals surface area (Å²) < 4.78 is 13.8. The van der Waals surface area contributed by atoms with Gasteiger partial charge in [0.2, 0.25) is 11.1 Å². The van der Waals surface area contributed by atoms with Gasteiger partial charge >= 0.3 is 0 Å².